The standard InChI is InChI=1S/C19H28O8.C17H16F6N2O/c1-10-4-5-13-11(2)15(16(22)23-9-7-14(20)21)24-17-19(13)12(10)6-8-18(3,25-17)26-27-19;18-16(19,20)11-5-3-4-9-10(15(26)12-6-1-2-7-24-12)8-13(17(21,22)23)25-14(9)11/h10-13,15,17H,4-9H2,1-3H3,(H,20,21);3-5,8,12,15,24,26H,1-2,6-7H2/t10-,11-,12+,13+,15-,17-,18+,19?;12-,15+/m11/s1. The van der Waals surface area contributed by atoms with Crippen molar-refractivity contribution in [3.63, 3.8) is 0 Å². The van der Waals surface area contributed by atoms with Crippen LogP contribution in [-0.2, 0) is 45.9 Å². The highest BCUT2D eigenvalue weighted by Crippen LogP contribution is 2.60. The van der Waals surface area contributed by atoms with E-state index in [1.54, 1.807) is 0 Å². The second-order valence-electron chi connectivity index (χ2n) is 14.9. The highest BCUT2D eigenvalue weighted by molar-refractivity contribution is 5.86. The number of carbonyl (C=O) groups excluding carboxylic acids is 1. The number of esters is 1. The number of aliphatic hydroxyl groups is 1. The molecule has 10 atom stereocenters. The lowest BCUT2D eigenvalue weighted by atomic mass is 9.57. The van der Waals surface area contributed by atoms with Crippen molar-refractivity contribution >= 4 is 22.8 Å². The second kappa shape index (κ2) is 14.9. The molecule has 11 nitrogen and oxygen atoms in total. The fraction of sp³-hybridized carbons (Fsp3) is 0.694. The molecule has 2 bridgehead atoms. The van der Waals surface area contributed by atoms with Gasteiger partial charge in [-0.1, -0.05) is 32.4 Å². The number of aliphatic hydroxyl groups excluding tert-OH is 1. The molecule has 8 rings (SSSR count). The summed E-state index contributed by atoms with van der Waals surface area (Å²) in [6.45, 7) is 6.45. The molecule has 1 unspecified atom stereocenters. The van der Waals surface area contributed by atoms with Gasteiger partial charge in [0, 0.05) is 23.8 Å². The predicted molar refractivity (Wildman–Crippen MR) is 172 cm³/mol. The molecule has 17 heteroatoms. The fourth-order valence-electron chi connectivity index (χ4n) is 8.75. The maximum atomic E-state index is 13.2. The maximum Gasteiger partial charge on any atom is 0.433 e. The summed E-state index contributed by atoms with van der Waals surface area (Å²) in [6, 6.07) is 3.16. The van der Waals surface area contributed by atoms with E-state index in [4.69, 9.17) is 29.1 Å². The SMILES string of the molecule is C[C@H]1[C@H](C(=O)OCCC(=O)O)O[C@@H]2O[C@]3(C)CC[C@H]4[C@H](C)CC[C@@H]1C24OO3.O[C@@H](c1cc(C(F)(F)F)nc2c(C(F)(F)F)cccc12)[C@H]1CCCCN1. The van der Waals surface area contributed by atoms with E-state index in [2.05, 4.69) is 17.2 Å². The molecule has 1 aromatic carbocycles. The van der Waals surface area contributed by atoms with Crippen LogP contribution in [0.2, 0.25) is 0 Å². The number of fused-ring (bicyclic) bond motifs is 3. The van der Waals surface area contributed by atoms with Gasteiger partial charge in [0.15, 0.2) is 18.0 Å². The Hall–Kier alpha value is -3.09. The number of aliphatic carboxylic acids is 1. The summed E-state index contributed by atoms with van der Waals surface area (Å²) in [4.78, 5) is 38.2. The normalized spacial score (nSPS) is 34.6. The van der Waals surface area contributed by atoms with Gasteiger partial charge in [0.25, 0.3) is 0 Å². The minimum Gasteiger partial charge on any atom is -0.481 e. The van der Waals surface area contributed by atoms with Crippen molar-refractivity contribution < 1.29 is 70.1 Å². The number of nitrogens with zero attached hydrogens (tertiary/aromatic N) is 1. The number of piperidine rings is 1. The van der Waals surface area contributed by atoms with E-state index in [1.807, 2.05) is 13.8 Å². The molecule has 0 radical (unpaired) electrons. The van der Waals surface area contributed by atoms with Gasteiger partial charge in [-0.15, -0.1) is 0 Å². The van der Waals surface area contributed by atoms with Gasteiger partial charge < -0.3 is 29.7 Å². The van der Waals surface area contributed by atoms with Gasteiger partial charge in [-0.2, -0.15) is 26.3 Å². The lowest BCUT2D eigenvalue weighted by Gasteiger charge is -2.60. The Morgan fingerprint density at radius 1 is 1.04 bits per heavy atom. The lowest BCUT2D eigenvalue weighted by molar-refractivity contribution is -0.569. The molecule has 6 aliphatic rings. The largest absolute Gasteiger partial charge is 0.481 e. The van der Waals surface area contributed by atoms with Crippen LogP contribution in [0.1, 0.15) is 95.1 Å². The van der Waals surface area contributed by atoms with Gasteiger partial charge in [0.2, 0.25) is 5.79 Å². The fourth-order valence-corrected chi connectivity index (χ4v) is 8.75. The monoisotopic (exact) mass is 762 g/mol. The maximum absolute atomic E-state index is 13.2. The molecule has 5 saturated heterocycles. The van der Waals surface area contributed by atoms with Crippen molar-refractivity contribution in [2.75, 3.05) is 13.2 Å². The molecule has 6 heterocycles. The Bertz CT molecular complexity index is 1670. The third-order valence-corrected chi connectivity index (χ3v) is 11.5. The summed E-state index contributed by atoms with van der Waals surface area (Å²) >= 11 is 0. The number of benzene rings is 1. The zero-order chi connectivity index (χ0) is 38.5. The van der Waals surface area contributed by atoms with E-state index < -0.39 is 77.0 Å². The molecule has 294 valence electrons. The molecular formula is C36H44F6N2O9. The lowest BCUT2D eigenvalue weighted by Crippen LogP contribution is -2.71. The van der Waals surface area contributed by atoms with Crippen LogP contribution < -0.4 is 5.32 Å². The van der Waals surface area contributed by atoms with Crippen LogP contribution in [0.25, 0.3) is 10.9 Å². The van der Waals surface area contributed by atoms with Gasteiger partial charge in [-0.05, 0) is 81.0 Å². The summed E-state index contributed by atoms with van der Waals surface area (Å²) in [7, 11) is 0. The number of nitrogens with one attached hydrogen (secondary N) is 1. The first-order valence-electron chi connectivity index (χ1n) is 17.9. The highest BCUT2D eigenvalue weighted by Gasteiger charge is 2.70. The first kappa shape index (κ1) is 39.6. The minimum absolute atomic E-state index is 0.0390. The smallest absolute Gasteiger partial charge is 0.433 e. The number of carbonyl (C=O) groups is 2. The van der Waals surface area contributed by atoms with Crippen LogP contribution in [0.5, 0.6) is 0 Å². The number of carboxylic acids is 1. The number of carboxylic acid groups (broad SMARTS) is 1. The molecular weight excluding hydrogens is 718 g/mol. The van der Waals surface area contributed by atoms with E-state index >= 15 is 0 Å². The predicted octanol–water partition coefficient (Wildman–Crippen LogP) is 6.70. The second-order valence-corrected chi connectivity index (χ2v) is 14.9. The molecule has 1 aromatic heterocycles. The first-order valence-corrected chi connectivity index (χ1v) is 17.9. The van der Waals surface area contributed by atoms with Crippen molar-refractivity contribution in [1.29, 1.82) is 0 Å². The zero-order valence-corrected chi connectivity index (χ0v) is 29.5. The Morgan fingerprint density at radius 2 is 1.79 bits per heavy atom. The van der Waals surface area contributed by atoms with Gasteiger partial charge in [0.1, 0.15) is 12.3 Å². The van der Waals surface area contributed by atoms with Crippen LogP contribution in [0.3, 0.4) is 0 Å². The van der Waals surface area contributed by atoms with Crippen LogP contribution in [-0.4, -0.2) is 70.1 Å². The molecule has 1 spiro atoms. The van der Waals surface area contributed by atoms with E-state index in [0.717, 1.165) is 38.2 Å². The molecule has 6 fully saturated rings. The molecule has 5 aliphatic heterocycles. The molecule has 3 N–H and O–H groups in total. The van der Waals surface area contributed by atoms with E-state index in [-0.39, 0.29) is 41.7 Å². The Kier molecular flexibility index (Phi) is 11.1. The van der Waals surface area contributed by atoms with Crippen LogP contribution >= 0.6 is 0 Å². The topological polar surface area (TPSA) is 146 Å². The van der Waals surface area contributed by atoms with Gasteiger partial charge in [-0.25, -0.2) is 19.6 Å². The van der Waals surface area contributed by atoms with Crippen LogP contribution in [0, 0.1) is 23.7 Å². The van der Waals surface area contributed by atoms with Gasteiger partial charge in [-0.3, -0.25) is 4.79 Å². The summed E-state index contributed by atoms with van der Waals surface area (Å²) in [5, 5.41) is 22.2. The Labute approximate surface area is 301 Å². The number of para-hydroxylation sites is 1. The summed E-state index contributed by atoms with van der Waals surface area (Å²) in [5.74, 6) is -1.87. The van der Waals surface area contributed by atoms with Gasteiger partial charge >= 0.3 is 24.3 Å². The third kappa shape index (κ3) is 7.74. The minimum atomic E-state index is -4.93. The van der Waals surface area contributed by atoms with Crippen molar-refractivity contribution in [3.05, 3.63) is 41.1 Å². The molecule has 53 heavy (non-hydrogen) atoms. The van der Waals surface area contributed by atoms with Crippen LogP contribution in [0.15, 0.2) is 24.3 Å². The molecule has 2 aromatic rings. The van der Waals surface area contributed by atoms with E-state index in [9.17, 15) is 41.0 Å². The average molecular weight is 763 g/mol. The Morgan fingerprint density at radius 3 is 2.45 bits per heavy atom. The summed E-state index contributed by atoms with van der Waals surface area (Å²) < 4.78 is 96.7. The first-order chi connectivity index (χ1) is 24.9. The number of ether oxygens (including phenoxy) is 3. The van der Waals surface area contributed by atoms with Crippen molar-refractivity contribution in [3.8, 4) is 0 Å². The third-order valence-electron chi connectivity index (χ3n) is 11.5. The van der Waals surface area contributed by atoms with Gasteiger partial charge in [0.05, 0.1) is 23.6 Å². The zero-order valence-electron chi connectivity index (χ0n) is 29.5. The van der Waals surface area contributed by atoms with Crippen molar-refractivity contribution in [2.24, 2.45) is 23.7 Å². The van der Waals surface area contributed by atoms with Crippen molar-refractivity contribution in [1.82, 2.24) is 10.3 Å². The summed E-state index contributed by atoms with van der Waals surface area (Å²) in [5.41, 5.74) is -4.43. The number of alkyl halides is 6. The number of hydrogen-bond donors (Lipinski definition) is 3. The Balaban J connectivity index is 0.000000182. The average Bonchev–Trinajstić information content (AvgIpc) is 3.34. The molecule has 0 amide bonds. The summed E-state index contributed by atoms with van der Waals surface area (Å²) in [6.07, 6.45) is -7.16. The number of aromatic nitrogens is 1. The quantitative estimate of drug-likeness (QED) is 0.164. The van der Waals surface area contributed by atoms with E-state index in [0.29, 0.717) is 37.4 Å². The number of halogens is 6. The number of pyridine rings is 1. The number of rotatable bonds is 6. The molecule has 1 aliphatic carbocycles. The molecule has 1 saturated carbocycles. The number of hydrogen-bond acceptors (Lipinski definition) is 10. The van der Waals surface area contributed by atoms with Crippen molar-refractivity contribution in [2.45, 2.75) is 120 Å². The highest BCUT2D eigenvalue weighted by atomic mass is 19.4. The van der Waals surface area contributed by atoms with Crippen LogP contribution in [0.4, 0.5) is 26.3 Å². The van der Waals surface area contributed by atoms with E-state index in [1.165, 1.54) is 6.07 Å².